The molecule has 94 valence electrons. The molecule has 5 nitrogen and oxygen atoms in total. The average molecular weight is 264 g/mol. The molecule has 2 amide bonds. The second kappa shape index (κ2) is 5.14. The first-order valence-electron chi connectivity index (χ1n) is 5.25. The minimum atomic E-state index is -0.460. The van der Waals surface area contributed by atoms with E-state index in [2.05, 4.69) is 4.72 Å². The zero-order valence-corrected chi connectivity index (χ0v) is 10.8. The first-order chi connectivity index (χ1) is 8.58. The fraction of sp³-hybridized carbons (Fsp3) is 0.167. The molecule has 0 unspecified atom stereocenters. The van der Waals surface area contributed by atoms with E-state index in [1.165, 1.54) is 4.90 Å². The molecule has 6 heteroatoms. The molecule has 2 aromatic rings. The van der Waals surface area contributed by atoms with E-state index in [-0.39, 0.29) is 6.03 Å². The van der Waals surface area contributed by atoms with Crippen LogP contribution in [0.5, 0.6) is 0 Å². The summed E-state index contributed by atoms with van der Waals surface area (Å²) in [6.45, 7) is 0. The van der Waals surface area contributed by atoms with Crippen molar-refractivity contribution in [1.82, 2.24) is 9.62 Å². The van der Waals surface area contributed by atoms with Crippen molar-refractivity contribution in [2.24, 2.45) is 0 Å². The number of para-hydroxylation sites is 1. The maximum absolute atomic E-state index is 11.7. The number of carbonyl (C=O) groups is 1. The molecule has 2 rings (SSSR count). The van der Waals surface area contributed by atoms with Crippen LogP contribution in [-0.4, -0.2) is 25.0 Å². The molecule has 0 aliphatic heterocycles. The fourth-order valence-corrected chi connectivity index (χ4v) is 1.99. The highest BCUT2D eigenvalue weighted by Gasteiger charge is 2.08. The van der Waals surface area contributed by atoms with Gasteiger partial charge in [0.15, 0.2) is 0 Å². The summed E-state index contributed by atoms with van der Waals surface area (Å²) in [6, 6.07) is 8.63. The number of benzene rings is 1. The van der Waals surface area contributed by atoms with Gasteiger partial charge in [0.25, 0.3) is 0 Å². The molecular weight excluding hydrogens is 252 g/mol. The van der Waals surface area contributed by atoms with Crippen LogP contribution in [0.4, 0.5) is 4.79 Å². The molecule has 0 saturated carbocycles. The Hall–Kier alpha value is -1.95. The molecule has 0 bridgehead atoms. The van der Waals surface area contributed by atoms with E-state index in [1.807, 2.05) is 12.1 Å². The molecule has 18 heavy (non-hydrogen) atoms. The predicted octanol–water partition coefficient (Wildman–Crippen LogP) is 2.07. The third-order valence-electron chi connectivity index (χ3n) is 2.26. The second-order valence-corrected chi connectivity index (χ2v) is 4.69. The average Bonchev–Trinajstić information content (AvgIpc) is 2.35. The van der Waals surface area contributed by atoms with Gasteiger partial charge in [-0.15, -0.1) is 0 Å². The van der Waals surface area contributed by atoms with Crippen molar-refractivity contribution in [3.63, 3.8) is 0 Å². The van der Waals surface area contributed by atoms with Crippen molar-refractivity contribution in [2.75, 3.05) is 14.1 Å². The Labute approximate surface area is 108 Å². The lowest BCUT2D eigenvalue weighted by Crippen LogP contribution is -2.30. The zero-order valence-electron chi connectivity index (χ0n) is 9.97. The SMILES string of the molecule is CN(C)C(=O)NSc1cc2ccccc2oc1=O. The number of hydrogen-bond donors (Lipinski definition) is 1. The monoisotopic (exact) mass is 264 g/mol. The van der Waals surface area contributed by atoms with Gasteiger partial charge in [0.1, 0.15) is 10.5 Å². The van der Waals surface area contributed by atoms with Gasteiger partial charge in [0, 0.05) is 19.5 Å². The van der Waals surface area contributed by atoms with Crippen LogP contribution < -0.4 is 10.3 Å². The quantitative estimate of drug-likeness (QED) is 0.666. The highest BCUT2D eigenvalue weighted by Crippen LogP contribution is 2.17. The molecule has 1 aromatic heterocycles. The van der Waals surface area contributed by atoms with E-state index in [1.54, 1.807) is 32.3 Å². The van der Waals surface area contributed by atoms with Crippen molar-refractivity contribution < 1.29 is 9.21 Å². The van der Waals surface area contributed by atoms with Gasteiger partial charge in [-0.05, 0) is 24.1 Å². The number of nitrogens with one attached hydrogen (secondary N) is 1. The van der Waals surface area contributed by atoms with Gasteiger partial charge in [-0.3, -0.25) is 4.72 Å². The van der Waals surface area contributed by atoms with Gasteiger partial charge in [0.2, 0.25) is 0 Å². The highest BCUT2D eigenvalue weighted by atomic mass is 32.2. The molecular formula is C12H12N2O3S. The molecule has 1 heterocycles. The lowest BCUT2D eigenvalue weighted by Gasteiger charge is -2.10. The Morgan fingerprint density at radius 2 is 2.06 bits per heavy atom. The molecule has 0 saturated heterocycles. The van der Waals surface area contributed by atoms with Crippen LogP contribution in [0.2, 0.25) is 0 Å². The second-order valence-electron chi connectivity index (χ2n) is 3.84. The number of hydrogen-bond acceptors (Lipinski definition) is 4. The fourth-order valence-electron chi connectivity index (χ4n) is 1.30. The van der Waals surface area contributed by atoms with E-state index < -0.39 is 5.63 Å². The molecule has 1 N–H and O–H groups in total. The largest absolute Gasteiger partial charge is 0.422 e. The first kappa shape index (κ1) is 12.5. The van der Waals surface area contributed by atoms with Crippen molar-refractivity contribution in [3.05, 3.63) is 40.8 Å². The van der Waals surface area contributed by atoms with E-state index in [0.29, 0.717) is 10.5 Å². The summed E-state index contributed by atoms with van der Waals surface area (Å²) in [5, 5.41) is 0.818. The van der Waals surface area contributed by atoms with Gasteiger partial charge in [-0.2, -0.15) is 0 Å². The zero-order chi connectivity index (χ0) is 13.1. The Bertz CT molecular complexity index is 637. The van der Waals surface area contributed by atoms with Gasteiger partial charge >= 0.3 is 11.7 Å². The molecule has 0 aliphatic carbocycles. The molecule has 0 fully saturated rings. The Morgan fingerprint density at radius 1 is 1.33 bits per heavy atom. The van der Waals surface area contributed by atoms with Crippen molar-refractivity contribution in [1.29, 1.82) is 0 Å². The lowest BCUT2D eigenvalue weighted by molar-refractivity contribution is 0.224. The summed E-state index contributed by atoms with van der Waals surface area (Å²) in [7, 11) is 3.25. The maximum Gasteiger partial charge on any atom is 0.351 e. The standard InChI is InChI=1S/C12H12N2O3S/c1-14(2)12(16)13-18-10-7-8-5-3-4-6-9(8)17-11(10)15/h3-7H,1-2H3,(H,13,16). The van der Waals surface area contributed by atoms with E-state index in [9.17, 15) is 9.59 Å². The summed E-state index contributed by atoms with van der Waals surface area (Å²) in [5.41, 5.74) is 0.0727. The molecule has 0 radical (unpaired) electrons. The topological polar surface area (TPSA) is 62.6 Å². The van der Waals surface area contributed by atoms with Crippen LogP contribution >= 0.6 is 11.9 Å². The minimum Gasteiger partial charge on any atom is -0.422 e. The highest BCUT2D eigenvalue weighted by molar-refractivity contribution is 7.98. The predicted molar refractivity (Wildman–Crippen MR) is 70.6 cm³/mol. The summed E-state index contributed by atoms with van der Waals surface area (Å²) in [6.07, 6.45) is 0. The first-order valence-corrected chi connectivity index (χ1v) is 6.06. The smallest absolute Gasteiger partial charge is 0.351 e. The number of fused-ring (bicyclic) bond motifs is 1. The van der Waals surface area contributed by atoms with Crippen LogP contribution in [0.25, 0.3) is 11.0 Å². The number of amides is 2. The van der Waals surface area contributed by atoms with Gasteiger partial charge in [0.05, 0.1) is 0 Å². The number of urea groups is 1. The molecule has 1 aromatic carbocycles. The normalized spacial score (nSPS) is 10.3. The Morgan fingerprint density at radius 3 is 2.78 bits per heavy atom. The van der Waals surface area contributed by atoms with Crippen molar-refractivity contribution in [3.8, 4) is 0 Å². The number of nitrogens with zero attached hydrogens (tertiary/aromatic N) is 1. The van der Waals surface area contributed by atoms with E-state index in [4.69, 9.17) is 4.42 Å². The van der Waals surface area contributed by atoms with Crippen LogP contribution in [0.3, 0.4) is 0 Å². The van der Waals surface area contributed by atoms with Crippen LogP contribution in [0.1, 0.15) is 0 Å². The van der Waals surface area contributed by atoms with Gasteiger partial charge in [-0.25, -0.2) is 9.59 Å². The van der Waals surface area contributed by atoms with Crippen LogP contribution in [-0.2, 0) is 0 Å². The van der Waals surface area contributed by atoms with Crippen LogP contribution in [0, 0.1) is 0 Å². The molecule has 0 spiro atoms. The van der Waals surface area contributed by atoms with Crippen LogP contribution in [0.15, 0.2) is 44.4 Å². The third-order valence-corrected chi connectivity index (χ3v) is 3.05. The van der Waals surface area contributed by atoms with E-state index in [0.717, 1.165) is 17.3 Å². The van der Waals surface area contributed by atoms with Crippen molar-refractivity contribution in [2.45, 2.75) is 4.90 Å². The maximum atomic E-state index is 11.7. The molecule has 0 atom stereocenters. The summed E-state index contributed by atoms with van der Waals surface area (Å²) < 4.78 is 7.69. The Kier molecular flexibility index (Phi) is 3.57. The summed E-state index contributed by atoms with van der Waals surface area (Å²) >= 11 is 0.951. The lowest BCUT2D eigenvalue weighted by atomic mass is 10.2. The minimum absolute atomic E-state index is 0.285. The van der Waals surface area contributed by atoms with E-state index >= 15 is 0 Å². The number of carbonyl (C=O) groups excluding carboxylic acids is 1. The van der Waals surface area contributed by atoms with Crippen molar-refractivity contribution >= 4 is 28.9 Å². The van der Waals surface area contributed by atoms with Gasteiger partial charge < -0.3 is 9.32 Å². The molecule has 0 aliphatic rings. The summed E-state index contributed by atoms with van der Waals surface area (Å²) in [4.78, 5) is 24.8. The van der Waals surface area contributed by atoms with Gasteiger partial charge in [-0.1, -0.05) is 18.2 Å². The number of rotatable bonds is 2. The third kappa shape index (κ3) is 2.65. The Balaban J connectivity index is 2.26. The summed E-state index contributed by atoms with van der Waals surface area (Å²) in [5.74, 6) is 0.